The molecule has 0 aliphatic carbocycles. The van der Waals surface area contributed by atoms with E-state index in [1.807, 2.05) is 77.1 Å². The second-order valence-corrected chi connectivity index (χ2v) is 16.0. The van der Waals surface area contributed by atoms with Gasteiger partial charge in [0.2, 0.25) is 0 Å². The maximum absolute atomic E-state index is 13.3. The summed E-state index contributed by atoms with van der Waals surface area (Å²) in [6.45, 7) is 12.0. The molecule has 0 bridgehead atoms. The van der Waals surface area contributed by atoms with Gasteiger partial charge in [-0.25, -0.2) is 34.3 Å². The molecule has 0 fully saturated rings. The van der Waals surface area contributed by atoms with Gasteiger partial charge in [-0.2, -0.15) is 0 Å². The number of aromatic nitrogens is 9. The number of fused-ring (bicyclic) bond motifs is 3. The molecule has 9 aromatic rings. The zero-order chi connectivity index (χ0) is 47.1. The highest BCUT2D eigenvalue weighted by Gasteiger charge is 2.20. The van der Waals surface area contributed by atoms with Crippen LogP contribution < -0.4 is 21.4 Å². The fourth-order valence-electron chi connectivity index (χ4n) is 7.40. The first-order chi connectivity index (χ1) is 31.8. The maximum Gasteiger partial charge on any atom is 0.279 e. The van der Waals surface area contributed by atoms with Crippen molar-refractivity contribution in [2.75, 3.05) is 13.2 Å². The number of pyridine rings is 3. The summed E-state index contributed by atoms with van der Waals surface area (Å²) in [5.41, 5.74) is 6.69. The molecule has 0 atom stereocenters. The second kappa shape index (κ2) is 20.6. The van der Waals surface area contributed by atoms with Crippen molar-refractivity contribution < 1.29 is 14.2 Å². The van der Waals surface area contributed by atoms with Crippen molar-refractivity contribution in [2.24, 2.45) is 0 Å². The van der Waals surface area contributed by atoms with Crippen molar-refractivity contribution >= 4 is 45.1 Å². The molecule has 0 amide bonds. The number of hydrogen-bond acceptors (Lipinski definition) is 11. The van der Waals surface area contributed by atoms with Crippen molar-refractivity contribution in [2.45, 2.75) is 60.2 Å². The van der Waals surface area contributed by atoms with Gasteiger partial charge in [0.05, 0.1) is 19.8 Å². The maximum atomic E-state index is 13.3. The summed E-state index contributed by atoms with van der Waals surface area (Å²) in [6, 6.07) is 29.5. The van der Waals surface area contributed by atoms with E-state index in [-0.39, 0.29) is 47.7 Å². The SMILES string of the molecule is CCOc1ccccc1-c1nc2cccnc2n(C(C)C)c1=O.Cc1cc(F)ccc1-c1nc2cccnc2n(C(C)C)c1=O.O=c1c(-c2ccc(Cl)cc2)nc2cccnc2n1CCO. The molecule has 0 radical (unpaired) electrons. The summed E-state index contributed by atoms with van der Waals surface area (Å²) in [6.07, 6.45) is 4.92. The lowest BCUT2D eigenvalue weighted by Crippen LogP contribution is -2.26. The van der Waals surface area contributed by atoms with Crippen LogP contribution in [0, 0.1) is 12.7 Å². The van der Waals surface area contributed by atoms with Gasteiger partial charge in [0, 0.05) is 52.4 Å². The molecule has 0 spiro atoms. The number of para-hydroxylation sites is 1. The molecule has 0 unspecified atom stereocenters. The minimum absolute atomic E-state index is 0.0131. The van der Waals surface area contributed by atoms with Crippen LogP contribution in [0.25, 0.3) is 67.3 Å². The van der Waals surface area contributed by atoms with Crippen molar-refractivity contribution in [3.63, 3.8) is 0 Å². The molecule has 0 aliphatic heterocycles. The van der Waals surface area contributed by atoms with Crippen molar-refractivity contribution in [1.29, 1.82) is 0 Å². The number of benzene rings is 3. The molecule has 0 saturated carbocycles. The predicted octanol–water partition coefficient (Wildman–Crippen LogP) is 9.03. The number of hydrogen-bond donors (Lipinski definition) is 1. The summed E-state index contributed by atoms with van der Waals surface area (Å²) >= 11 is 5.87. The smallest absolute Gasteiger partial charge is 0.279 e. The molecule has 3 aromatic carbocycles. The van der Waals surface area contributed by atoms with E-state index in [9.17, 15) is 23.9 Å². The van der Waals surface area contributed by atoms with Gasteiger partial charge in [-0.15, -0.1) is 0 Å². The monoisotopic (exact) mass is 907 g/mol. The normalized spacial score (nSPS) is 11.1. The van der Waals surface area contributed by atoms with Gasteiger partial charge in [0.25, 0.3) is 16.7 Å². The highest BCUT2D eigenvalue weighted by Crippen LogP contribution is 2.28. The number of rotatable bonds is 9. The summed E-state index contributed by atoms with van der Waals surface area (Å²) in [5.74, 6) is 0.339. The Hall–Kier alpha value is -7.49. The van der Waals surface area contributed by atoms with E-state index >= 15 is 0 Å². The number of halogens is 2. The van der Waals surface area contributed by atoms with E-state index in [4.69, 9.17) is 16.3 Å². The van der Waals surface area contributed by atoms with Crippen molar-refractivity contribution in [3.05, 3.63) is 169 Å². The van der Waals surface area contributed by atoms with Crippen LogP contribution in [0.2, 0.25) is 5.02 Å². The van der Waals surface area contributed by atoms with Crippen LogP contribution in [0.5, 0.6) is 5.75 Å². The van der Waals surface area contributed by atoms with Crippen LogP contribution >= 0.6 is 11.6 Å². The average molecular weight is 908 g/mol. The highest BCUT2D eigenvalue weighted by atomic mass is 35.5. The fraction of sp³-hybridized carbons (Fsp3) is 0.220. The van der Waals surface area contributed by atoms with Gasteiger partial charge in [-0.05, 0) is 126 Å². The summed E-state index contributed by atoms with van der Waals surface area (Å²) < 4.78 is 23.7. The van der Waals surface area contributed by atoms with E-state index in [0.717, 1.165) is 0 Å². The van der Waals surface area contributed by atoms with Crippen LogP contribution in [0.3, 0.4) is 0 Å². The number of aryl methyl sites for hydroxylation is 1. The molecule has 14 nitrogen and oxygen atoms in total. The summed E-state index contributed by atoms with van der Waals surface area (Å²) in [4.78, 5) is 64.6. The zero-order valence-corrected chi connectivity index (χ0v) is 37.9. The van der Waals surface area contributed by atoms with Gasteiger partial charge >= 0.3 is 0 Å². The standard InChI is InChI=1S/C18H19N3O2.C17H16FN3O.C15H12ClN3O2/c1-4-23-15-10-6-5-8-13(15)16-18(22)21(12(2)3)17-14(20-16)9-7-11-19-17;1-10(2)21-16-14(5-4-8-19-16)20-15(17(21)22)13-7-6-12(18)9-11(13)3;16-11-5-3-10(4-6-11)13-15(21)19(8-9-20)14-12(18-13)2-1-7-17-14/h5-12H,4H2,1-3H3;4-10H,1-3H3;1-7,20H,8-9H2. The minimum atomic E-state index is -0.326. The molecule has 6 heterocycles. The number of nitrogens with zero attached hydrogens (tertiary/aromatic N) is 9. The van der Waals surface area contributed by atoms with Crippen molar-refractivity contribution in [1.82, 2.24) is 43.6 Å². The van der Waals surface area contributed by atoms with E-state index in [1.54, 1.807) is 83.2 Å². The molecule has 6 aromatic heterocycles. The molecule has 66 heavy (non-hydrogen) atoms. The Morgan fingerprint density at radius 2 is 1.15 bits per heavy atom. The lowest BCUT2D eigenvalue weighted by atomic mass is 10.1. The third-order valence-electron chi connectivity index (χ3n) is 10.4. The lowest BCUT2D eigenvalue weighted by Gasteiger charge is -2.15. The van der Waals surface area contributed by atoms with Crippen LogP contribution in [0.1, 0.15) is 52.3 Å². The highest BCUT2D eigenvalue weighted by molar-refractivity contribution is 6.30. The second-order valence-electron chi connectivity index (χ2n) is 15.5. The first-order valence-corrected chi connectivity index (χ1v) is 21.7. The Bertz CT molecular complexity index is 3370. The molecule has 1 N–H and O–H groups in total. The number of aliphatic hydroxyl groups excluding tert-OH is 1. The molecule has 336 valence electrons. The topological polar surface area (TPSA) is 173 Å². The number of aliphatic hydroxyl groups is 1. The van der Waals surface area contributed by atoms with Crippen molar-refractivity contribution in [3.8, 4) is 39.5 Å². The quantitative estimate of drug-likeness (QED) is 0.146. The Morgan fingerprint density at radius 3 is 1.68 bits per heavy atom. The van der Waals surface area contributed by atoms with Crippen LogP contribution in [0.4, 0.5) is 4.39 Å². The molecule has 0 saturated heterocycles. The predicted molar refractivity (Wildman–Crippen MR) is 256 cm³/mol. The molecule has 9 rings (SSSR count). The summed E-state index contributed by atoms with van der Waals surface area (Å²) in [7, 11) is 0. The third-order valence-corrected chi connectivity index (χ3v) is 10.6. The van der Waals surface area contributed by atoms with Gasteiger partial charge < -0.3 is 9.84 Å². The lowest BCUT2D eigenvalue weighted by molar-refractivity contribution is 0.276. The van der Waals surface area contributed by atoms with E-state index in [1.165, 1.54) is 16.7 Å². The van der Waals surface area contributed by atoms with Gasteiger partial charge in [0.1, 0.15) is 45.2 Å². The van der Waals surface area contributed by atoms with Gasteiger partial charge in [-0.1, -0.05) is 35.9 Å². The van der Waals surface area contributed by atoms with Crippen LogP contribution in [-0.2, 0) is 6.54 Å². The van der Waals surface area contributed by atoms with Gasteiger partial charge in [-0.3, -0.25) is 28.1 Å². The first-order valence-electron chi connectivity index (χ1n) is 21.3. The Balaban J connectivity index is 0.000000147. The molecular weight excluding hydrogens is 861 g/mol. The fourth-order valence-corrected chi connectivity index (χ4v) is 7.53. The Labute approximate surface area is 383 Å². The van der Waals surface area contributed by atoms with E-state index < -0.39 is 0 Å². The van der Waals surface area contributed by atoms with E-state index in [0.29, 0.717) is 90.2 Å². The molecule has 16 heteroatoms. The Kier molecular flexibility index (Phi) is 14.5. The molecular formula is C50H47ClFN9O5. The number of ether oxygens (including phenoxy) is 1. The van der Waals surface area contributed by atoms with Gasteiger partial charge in [0.15, 0.2) is 16.9 Å². The van der Waals surface area contributed by atoms with E-state index in [2.05, 4.69) is 29.9 Å². The zero-order valence-electron chi connectivity index (χ0n) is 37.2. The molecule has 0 aliphatic rings. The van der Waals surface area contributed by atoms with Crippen LogP contribution in [-0.4, -0.2) is 61.9 Å². The average Bonchev–Trinajstić information content (AvgIpc) is 3.30. The minimum Gasteiger partial charge on any atom is -0.493 e. The first kappa shape index (κ1) is 46.5. The van der Waals surface area contributed by atoms with Crippen LogP contribution in [0.15, 0.2) is 136 Å². The summed E-state index contributed by atoms with van der Waals surface area (Å²) in [5, 5.41) is 9.77. The Morgan fingerprint density at radius 1 is 0.636 bits per heavy atom. The third kappa shape index (κ3) is 9.77. The largest absolute Gasteiger partial charge is 0.493 e.